The Morgan fingerprint density at radius 2 is 1.73 bits per heavy atom. The first-order valence-electron chi connectivity index (χ1n) is 14.0. The molecule has 5 atom stereocenters. The number of hydrogen-bond donors (Lipinski definition) is 1. The smallest absolute Gasteiger partial charge is 0.318 e. The summed E-state index contributed by atoms with van der Waals surface area (Å²) in [7, 11) is -2.47. The molecule has 5 rings (SSSR count). The van der Waals surface area contributed by atoms with Crippen LogP contribution in [0.25, 0.3) is 0 Å². The second kappa shape index (κ2) is 11.3. The number of carbonyl (C=O) groups is 1. The predicted octanol–water partition coefficient (Wildman–Crippen LogP) is 5.34. The first kappa shape index (κ1) is 29.4. The summed E-state index contributed by atoms with van der Waals surface area (Å²) >= 11 is 0. The van der Waals surface area contributed by atoms with E-state index in [1.807, 2.05) is 38.1 Å². The quantitative estimate of drug-likeness (QED) is 0.285. The summed E-state index contributed by atoms with van der Waals surface area (Å²) in [5.41, 5.74) is 0.162. The lowest BCUT2D eigenvalue weighted by Crippen LogP contribution is -2.53. The minimum atomic E-state index is -4.03. The van der Waals surface area contributed by atoms with Crippen LogP contribution in [0.15, 0.2) is 77.7 Å². The maximum atomic E-state index is 15.3. The molecule has 7 nitrogen and oxygen atoms in total. The second-order valence-corrected chi connectivity index (χ2v) is 13.0. The SMILES string of the molecule is CCC(=O)[N@@+]1(c2ccccc2OC)C[C@@H]2C[C@@H](COS(=O)(=O)c3ccc(C)cc3)C[C@@](O)(c3ccccc3F)[C@@H]2C1. The number of benzene rings is 3. The number of hydrogen-bond acceptors (Lipinski definition) is 6. The lowest BCUT2D eigenvalue weighted by Gasteiger charge is -2.43. The number of halogens is 1. The maximum absolute atomic E-state index is 15.3. The number of quaternary nitrogens is 1. The molecule has 1 amide bonds. The third-order valence-corrected chi connectivity index (χ3v) is 10.2. The monoisotopic (exact) mass is 582 g/mol. The molecule has 41 heavy (non-hydrogen) atoms. The van der Waals surface area contributed by atoms with E-state index in [-0.39, 0.29) is 52.8 Å². The molecule has 2 aliphatic rings. The van der Waals surface area contributed by atoms with Gasteiger partial charge in [-0.2, -0.15) is 8.42 Å². The molecule has 3 aromatic carbocycles. The second-order valence-electron chi connectivity index (χ2n) is 11.4. The fraction of sp³-hybridized carbons (Fsp3) is 0.406. The minimum absolute atomic E-state index is 0.0190. The zero-order valence-electron chi connectivity index (χ0n) is 23.6. The number of nitrogens with zero attached hydrogens (tertiary/aromatic N) is 1. The van der Waals surface area contributed by atoms with Gasteiger partial charge in [0.25, 0.3) is 10.1 Å². The molecule has 3 aromatic rings. The number of carbonyl (C=O) groups excluding carboxylic acids is 1. The van der Waals surface area contributed by atoms with Gasteiger partial charge in [0.15, 0.2) is 11.4 Å². The Balaban J connectivity index is 1.53. The molecule has 1 aliphatic heterocycles. The zero-order chi connectivity index (χ0) is 29.4. The first-order chi connectivity index (χ1) is 19.5. The summed E-state index contributed by atoms with van der Waals surface area (Å²) in [6, 6.07) is 20.0. The van der Waals surface area contributed by atoms with Crippen LogP contribution in [0.3, 0.4) is 0 Å². The van der Waals surface area contributed by atoms with Crippen molar-refractivity contribution in [3.8, 4) is 5.75 Å². The molecule has 1 saturated carbocycles. The Kier molecular flexibility index (Phi) is 8.09. The van der Waals surface area contributed by atoms with E-state index < -0.39 is 33.4 Å². The molecule has 2 fully saturated rings. The molecular formula is C32H37FNO6S+. The van der Waals surface area contributed by atoms with Gasteiger partial charge >= 0.3 is 5.91 Å². The van der Waals surface area contributed by atoms with Gasteiger partial charge in [-0.05, 0) is 49.9 Å². The van der Waals surface area contributed by atoms with Gasteiger partial charge in [-0.1, -0.05) is 55.0 Å². The van der Waals surface area contributed by atoms with Crippen molar-refractivity contribution in [2.24, 2.45) is 17.8 Å². The summed E-state index contributed by atoms with van der Waals surface area (Å²) in [6.45, 7) is 4.18. The Bertz CT molecular complexity index is 1530. The van der Waals surface area contributed by atoms with Crippen molar-refractivity contribution in [3.63, 3.8) is 0 Å². The van der Waals surface area contributed by atoms with Crippen molar-refractivity contribution in [1.82, 2.24) is 4.48 Å². The molecule has 1 N–H and O–H groups in total. The predicted molar refractivity (Wildman–Crippen MR) is 154 cm³/mol. The number of likely N-dealkylation sites (tertiary alicyclic amines) is 1. The van der Waals surface area contributed by atoms with Crippen molar-refractivity contribution in [3.05, 3.63) is 89.7 Å². The molecule has 9 heteroatoms. The van der Waals surface area contributed by atoms with Gasteiger partial charge in [-0.15, -0.1) is 0 Å². The normalized spacial score (nSPS) is 27.8. The van der Waals surface area contributed by atoms with Crippen LogP contribution in [0.4, 0.5) is 10.1 Å². The van der Waals surface area contributed by atoms with Crippen LogP contribution in [0.5, 0.6) is 5.75 Å². The molecule has 0 unspecified atom stereocenters. The third-order valence-electron chi connectivity index (χ3n) is 8.91. The van der Waals surface area contributed by atoms with E-state index >= 15 is 4.39 Å². The first-order valence-corrected chi connectivity index (χ1v) is 15.4. The Hall–Kier alpha value is -3.11. The highest BCUT2D eigenvalue weighted by Crippen LogP contribution is 2.54. The van der Waals surface area contributed by atoms with Crippen molar-refractivity contribution in [2.45, 2.75) is 43.6 Å². The molecule has 0 radical (unpaired) electrons. The van der Waals surface area contributed by atoms with Crippen LogP contribution in [-0.2, 0) is 24.7 Å². The molecule has 1 saturated heterocycles. The number of aryl methyl sites for hydroxylation is 1. The van der Waals surface area contributed by atoms with Crippen LogP contribution in [0, 0.1) is 30.5 Å². The minimum Gasteiger partial charge on any atom is -0.491 e. The van der Waals surface area contributed by atoms with E-state index in [0.717, 1.165) is 5.56 Å². The van der Waals surface area contributed by atoms with Crippen LogP contribution >= 0.6 is 0 Å². The molecule has 1 heterocycles. The van der Waals surface area contributed by atoms with Crippen LogP contribution in [-0.4, -0.2) is 46.2 Å². The molecule has 0 aromatic heterocycles. The van der Waals surface area contributed by atoms with E-state index in [0.29, 0.717) is 24.4 Å². The van der Waals surface area contributed by atoms with Gasteiger partial charge in [0, 0.05) is 17.5 Å². The number of ether oxygens (including phenoxy) is 1. The topological polar surface area (TPSA) is 89.9 Å². The van der Waals surface area contributed by atoms with Gasteiger partial charge in [-0.25, -0.2) is 13.7 Å². The lowest BCUT2D eigenvalue weighted by atomic mass is 9.64. The Labute approximate surface area is 241 Å². The maximum Gasteiger partial charge on any atom is 0.318 e. The van der Waals surface area contributed by atoms with Crippen molar-refractivity contribution in [2.75, 3.05) is 26.8 Å². The molecule has 0 bridgehead atoms. The highest BCUT2D eigenvalue weighted by molar-refractivity contribution is 7.86. The number of rotatable bonds is 8. The number of para-hydroxylation sites is 2. The van der Waals surface area contributed by atoms with Crippen molar-refractivity contribution < 1.29 is 31.6 Å². The van der Waals surface area contributed by atoms with Gasteiger partial charge in [-0.3, -0.25) is 4.18 Å². The highest BCUT2D eigenvalue weighted by Gasteiger charge is 2.62. The third kappa shape index (κ3) is 5.32. The summed E-state index contributed by atoms with van der Waals surface area (Å²) < 4.78 is 52.4. The number of fused-ring (bicyclic) bond motifs is 1. The van der Waals surface area contributed by atoms with E-state index in [4.69, 9.17) is 8.92 Å². The van der Waals surface area contributed by atoms with Crippen LogP contribution in [0.1, 0.15) is 37.3 Å². The van der Waals surface area contributed by atoms with Crippen molar-refractivity contribution >= 4 is 21.7 Å². The van der Waals surface area contributed by atoms with E-state index in [1.54, 1.807) is 37.4 Å². The fourth-order valence-electron chi connectivity index (χ4n) is 7.00. The molecule has 218 valence electrons. The Morgan fingerprint density at radius 1 is 1.05 bits per heavy atom. The van der Waals surface area contributed by atoms with Crippen molar-refractivity contribution in [1.29, 1.82) is 0 Å². The summed E-state index contributed by atoms with van der Waals surface area (Å²) in [5, 5.41) is 12.4. The Morgan fingerprint density at radius 3 is 2.41 bits per heavy atom. The number of aliphatic hydroxyl groups is 1. The summed E-state index contributed by atoms with van der Waals surface area (Å²) in [6.07, 6.45) is 0.901. The number of amides is 1. The zero-order valence-corrected chi connectivity index (χ0v) is 24.4. The average Bonchev–Trinajstić information content (AvgIpc) is 3.38. The number of methoxy groups -OCH3 is 1. The largest absolute Gasteiger partial charge is 0.491 e. The van der Waals surface area contributed by atoms with Crippen LogP contribution < -0.4 is 9.22 Å². The van der Waals surface area contributed by atoms with Crippen LogP contribution in [0.2, 0.25) is 0 Å². The standard InChI is InChI=1S/C32H37FNO6S/c1-4-31(35)34(29-11-7-8-12-30(29)39-3)19-24-17-23(21-40-41(37,38)25-15-13-22(2)14-16-25)18-32(36,27(24)20-34)26-9-5-6-10-28(26)33/h5-16,23-24,27,36H,4,17-21H2,1-3H3/q+1/t23-,24+,27-,32-,34+/m1/s1. The van der Waals surface area contributed by atoms with Gasteiger partial charge in [0.2, 0.25) is 0 Å². The summed E-state index contributed by atoms with van der Waals surface area (Å²) in [5.74, 6) is -1.03. The molecule has 0 spiro atoms. The molecular weight excluding hydrogens is 545 g/mol. The lowest BCUT2D eigenvalue weighted by molar-refractivity contribution is -0.130. The average molecular weight is 583 g/mol. The van der Waals surface area contributed by atoms with E-state index in [2.05, 4.69) is 0 Å². The van der Waals surface area contributed by atoms with E-state index in [1.165, 1.54) is 18.2 Å². The van der Waals surface area contributed by atoms with E-state index in [9.17, 15) is 18.3 Å². The van der Waals surface area contributed by atoms with Gasteiger partial charge < -0.3 is 9.84 Å². The summed E-state index contributed by atoms with van der Waals surface area (Å²) in [4.78, 5) is 13.8. The van der Waals surface area contributed by atoms with Gasteiger partial charge in [0.1, 0.15) is 11.4 Å². The van der Waals surface area contributed by atoms with Gasteiger partial charge in [0.05, 0.1) is 44.0 Å². The highest BCUT2D eigenvalue weighted by atomic mass is 32.2. The molecule has 1 aliphatic carbocycles. The fourth-order valence-corrected chi connectivity index (χ4v) is 7.98.